The predicted molar refractivity (Wildman–Crippen MR) is 111 cm³/mol. The van der Waals surface area contributed by atoms with Gasteiger partial charge in [0.05, 0.1) is 6.54 Å². The van der Waals surface area contributed by atoms with Crippen molar-refractivity contribution in [1.29, 1.82) is 0 Å². The fourth-order valence-corrected chi connectivity index (χ4v) is 2.86. The highest BCUT2D eigenvalue weighted by atomic mass is 16.2. The van der Waals surface area contributed by atoms with Gasteiger partial charge in [0.1, 0.15) is 6.54 Å². The van der Waals surface area contributed by atoms with Gasteiger partial charge in [-0.05, 0) is 38.3 Å². The maximum atomic E-state index is 13.0. The monoisotopic (exact) mass is 378 g/mol. The zero-order valence-corrected chi connectivity index (χ0v) is 17.8. The summed E-state index contributed by atoms with van der Waals surface area (Å²) in [5.74, 6) is 0.00981. The number of amides is 3. The molecule has 6 nitrogen and oxygen atoms in total. The lowest BCUT2D eigenvalue weighted by molar-refractivity contribution is -0.133. The Morgan fingerprint density at radius 1 is 1.19 bits per heavy atom. The van der Waals surface area contributed by atoms with Crippen LogP contribution in [0.2, 0.25) is 0 Å². The van der Waals surface area contributed by atoms with Crippen LogP contribution in [-0.4, -0.2) is 52.0 Å². The summed E-state index contributed by atoms with van der Waals surface area (Å²) in [6.45, 7) is 10.3. The third-order valence-electron chi connectivity index (χ3n) is 5.03. The van der Waals surface area contributed by atoms with E-state index in [1.807, 2.05) is 48.7 Å². The molecule has 1 rings (SSSR count). The van der Waals surface area contributed by atoms with Crippen molar-refractivity contribution in [3.63, 3.8) is 0 Å². The number of nitrogens with zero attached hydrogens (tertiary/aromatic N) is 3. The second kappa shape index (κ2) is 12.4. The third kappa shape index (κ3) is 7.65. The lowest BCUT2D eigenvalue weighted by Crippen LogP contribution is -2.50. The van der Waals surface area contributed by atoms with E-state index in [2.05, 4.69) is 19.2 Å². The van der Waals surface area contributed by atoms with Gasteiger partial charge in [0.2, 0.25) is 5.91 Å². The van der Waals surface area contributed by atoms with Crippen LogP contribution in [0, 0.1) is 0 Å². The normalized spacial score (nSPS) is 11.9. The smallest absolute Gasteiger partial charge is 0.318 e. The molecule has 0 aliphatic rings. The first-order valence-electron chi connectivity index (χ1n) is 10.4. The van der Waals surface area contributed by atoms with Gasteiger partial charge in [-0.25, -0.2) is 4.79 Å². The largest absolute Gasteiger partial charge is 0.353 e. The Morgan fingerprint density at radius 3 is 2.44 bits per heavy atom. The molecule has 0 aromatic carbocycles. The Hall–Kier alpha value is -1.98. The molecule has 1 N–H and O–H groups in total. The van der Waals surface area contributed by atoms with Crippen molar-refractivity contribution < 1.29 is 9.59 Å². The average molecular weight is 379 g/mol. The summed E-state index contributed by atoms with van der Waals surface area (Å²) in [5.41, 5.74) is 1.10. The lowest BCUT2D eigenvalue weighted by Gasteiger charge is -2.31. The lowest BCUT2D eigenvalue weighted by atomic mass is 10.2. The number of nitrogens with one attached hydrogen (secondary N) is 1. The van der Waals surface area contributed by atoms with Gasteiger partial charge in [0.25, 0.3) is 0 Å². The van der Waals surface area contributed by atoms with Crippen molar-refractivity contribution in [3.05, 3.63) is 24.0 Å². The van der Waals surface area contributed by atoms with Crippen LogP contribution in [-0.2, 0) is 18.4 Å². The number of unbranched alkanes of at least 4 members (excludes halogenated alkanes) is 2. The molecule has 0 spiro atoms. The maximum absolute atomic E-state index is 13.0. The summed E-state index contributed by atoms with van der Waals surface area (Å²) < 4.78 is 2.04. The van der Waals surface area contributed by atoms with Crippen LogP contribution < -0.4 is 5.32 Å². The number of carbonyl (C=O) groups is 2. The maximum Gasteiger partial charge on any atom is 0.318 e. The van der Waals surface area contributed by atoms with E-state index in [-0.39, 0.29) is 24.5 Å². The van der Waals surface area contributed by atoms with Crippen LogP contribution in [0.25, 0.3) is 0 Å². The van der Waals surface area contributed by atoms with E-state index in [9.17, 15) is 9.59 Å². The van der Waals surface area contributed by atoms with Crippen molar-refractivity contribution in [2.75, 3.05) is 19.6 Å². The van der Waals surface area contributed by atoms with Gasteiger partial charge in [0, 0.05) is 38.1 Å². The molecule has 1 heterocycles. The highest BCUT2D eigenvalue weighted by Crippen LogP contribution is 2.10. The third-order valence-corrected chi connectivity index (χ3v) is 5.03. The van der Waals surface area contributed by atoms with Crippen LogP contribution in [0.5, 0.6) is 0 Å². The Kier molecular flexibility index (Phi) is 10.6. The number of aryl methyl sites for hydroxylation is 1. The first kappa shape index (κ1) is 23.1. The topological polar surface area (TPSA) is 57.6 Å². The summed E-state index contributed by atoms with van der Waals surface area (Å²) in [6, 6.07) is 3.92. The van der Waals surface area contributed by atoms with Gasteiger partial charge >= 0.3 is 6.03 Å². The minimum absolute atomic E-state index is 0.00981. The Balaban J connectivity index is 2.82. The highest BCUT2D eigenvalue weighted by molar-refractivity contribution is 5.84. The molecule has 1 atom stereocenters. The van der Waals surface area contributed by atoms with Gasteiger partial charge in [-0.15, -0.1) is 0 Å². The van der Waals surface area contributed by atoms with E-state index in [0.717, 1.165) is 37.8 Å². The van der Waals surface area contributed by atoms with E-state index in [0.29, 0.717) is 19.6 Å². The molecule has 3 amide bonds. The number of hydrogen-bond donors (Lipinski definition) is 1. The summed E-state index contributed by atoms with van der Waals surface area (Å²) in [4.78, 5) is 29.2. The number of carbonyl (C=O) groups excluding carboxylic acids is 2. The Bertz CT molecular complexity index is 570. The molecule has 6 heteroatoms. The van der Waals surface area contributed by atoms with E-state index >= 15 is 0 Å². The quantitative estimate of drug-likeness (QED) is 0.563. The molecule has 0 radical (unpaired) electrons. The van der Waals surface area contributed by atoms with Gasteiger partial charge in [-0.3, -0.25) is 4.79 Å². The van der Waals surface area contributed by atoms with Crippen molar-refractivity contribution in [3.8, 4) is 0 Å². The Labute approximate surface area is 164 Å². The summed E-state index contributed by atoms with van der Waals surface area (Å²) in [6.07, 6.45) is 6.78. The van der Waals surface area contributed by atoms with E-state index in [1.54, 1.807) is 4.90 Å². The second-order valence-electron chi connectivity index (χ2n) is 7.25. The number of hydrogen-bond acceptors (Lipinski definition) is 2. The van der Waals surface area contributed by atoms with Crippen molar-refractivity contribution in [1.82, 2.24) is 19.7 Å². The number of aromatic nitrogens is 1. The Morgan fingerprint density at radius 2 is 1.89 bits per heavy atom. The molecule has 0 saturated heterocycles. The molecule has 0 bridgehead atoms. The van der Waals surface area contributed by atoms with Crippen molar-refractivity contribution in [2.24, 2.45) is 7.05 Å². The first-order valence-corrected chi connectivity index (χ1v) is 10.4. The summed E-state index contributed by atoms with van der Waals surface area (Å²) in [5, 5.41) is 2.95. The minimum atomic E-state index is -0.138. The fraction of sp³-hybridized carbons (Fsp3) is 0.714. The van der Waals surface area contributed by atoms with Crippen LogP contribution in [0.15, 0.2) is 18.3 Å². The fourth-order valence-electron chi connectivity index (χ4n) is 2.86. The SMILES string of the molecule is CCCCNC(=O)N(CC(=O)N(CCCC)Cc1cccn1C)C(C)CC. The van der Waals surface area contributed by atoms with E-state index in [4.69, 9.17) is 0 Å². The highest BCUT2D eigenvalue weighted by Gasteiger charge is 2.24. The molecule has 1 aromatic heterocycles. The standard InChI is InChI=1S/C21H38N4O2/c1-6-9-13-22-21(27)25(18(4)8-3)17-20(26)24(15-10-7-2)16-19-12-11-14-23(19)5/h11-12,14,18H,6-10,13,15-17H2,1-5H3,(H,22,27). The number of rotatable bonds is 12. The zero-order chi connectivity index (χ0) is 20.2. The van der Waals surface area contributed by atoms with Gasteiger partial charge in [-0.1, -0.05) is 33.6 Å². The van der Waals surface area contributed by atoms with Gasteiger partial charge in [-0.2, -0.15) is 0 Å². The van der Waals surface area contributed by atoms with Gasteiger partial charge in [0.15, 0.2) is 0 Å². The zero-order valence-electron chi connectivity index (χ0n) is 17.8. The summed E-state index contributed by atoms with van der Waals surface area (Å²) in [7, 11) is 1.99. The van der Waals surface area contributed by atoms with Crippen molar-refractivity contribution >= 4 is 11.9 Å². The van der Waals surface area contributed by atoms with E-state index in [1.165, 1.54) is 0 Å². The van der Waals surface area contributed by atoms with E-state index < -0.39 is 0 Å². The van der Waals surface area contributed by atoms with Gasteiger partial charge < -0.3 is 19.7 Å². The molecular formula is C21H38N4O2. The molecule has 154 valence electrons. The van der Waals surface area contributed by atoms with Crippen LogP contribution in [0.3, 0.4) is 0 Å². The molecule has 0 fully saturated rings. The molecule has 0 saturated carbocycles. The first-order chi connectivity index (χ1) is 12.9. The minimum Gasteiger partial charge on any atom is -0.353 e. The summed E-state index contributed by atoms with van der Waals surface area (Å²) >= 11 is 0. The van der Waals surface area contributed by atoms with Crippen molar-refractivity contribution in [2.45, 2.75) is 72.4 Å². The molecule has 0 aliphatic carbocycles. The molecule has 27 heavy (non-hydrogen) atoms. The van der Waals surface area contributed by atoms with Crippen LogP contribution in [0.4, 0.5) is 4.79 Å². The van der Waals surface area contributed by atoms with Crippen LogP contribution >= 0.6 is 0 Å². The second-order valence-corrected chi connectivity index (χ2v) is 7.25. The average Bonchev–Trinajstić information content (AvgIpc) is 3.06. The molecular weight excluding hydrogens is 340 g/mol. The molecule has 0 aliphatic heterocycles. The number of urea groups is 1. The van der Waals surface area contributed by atoms with Crippen LogP contribution in [0.1, 0.15) is 65.5 Å². The molecule has 1 aromatic rings. The predicted octanol–water partition coefficient (Wildman–Crippen LogP) is 3.76. The molecule has 1 unspecified atom stereocenters.